The molecule has 0 radical (unpaired) electrons. The summed E-state index contributed by atoms with van der Waals surface area (Å²) >= 11 is 0. The van der Waals surface area contributed by atoms with Gasteiger partial charge in [-0.2, -0.15) is 4.31 Å². The van der Waals surface area contributed by atoms with E-state index in [4.69, 9.17) is 0 Å². The lowest BCUT2D eigenvalue weighted by atomic mass is 10.2. The van der Waals surface area contributed by atoms with E-state index < -0.39 is 10.0 Å². The SMILES string of the molecule is C=CCN(CC#CCCCCC)S(=O)(=O)c1ccc(C)cc1. The zero-order chi connectivity index (χ0) is 16.4. The number of benzene rings is 1. The molecule has 0 heterocycles. The number of unbranched alkanes of at least 4 members (excludes halogenated alkanes) is 3. The highest BCUT2D eigenvalue weighted by atomic mass is 32.2. The Morgan fingerprint density at radius 1 is 1.18 bits per heavy atom. The lowest BCUT2D eigenvalue weighted by molar-refractivity contribution is 0.478. The van der Waals surface area contributed by atoms with Crippen molar-refractivity contribution in [3.63, 3.8) is 0 Å². The van der Waals surface area contributed by atoms with Gasteiger partial charge in [0.15, 0.2) is 0 Å². The standard InChI is InChI=1S/C18H25NO2S/c1-4-6-7-8-9-10-16-19(15-5-2)22(20,21)18-13-11-17(3)12-14-18/h5,11-14H,2,4,6-8,15-16H2,1,3H3. The van der Waals surface area contributed by atoms with Crippen molar-refractivity contribution in [2.75, 3.05) is 13.1 Å². The van der Waals surface area contributed by atoms with Gasteiger partial charge in [-0.25, -0.2) is 8.42 Å². The largest absolute Gasteiger partial charge is 0.244 e. The fraction of sp³-hybridized carbons (Fsp3) is 0.444. The molecule has 0 N–H and O–H groups in total. The molecule has 120 valence electrons. The number of hydrogen-bond donors (Lipinski definition) is 0. The molecule has 0 atom stereocenters. The third kappa shape index (κ3) is 5.67. The van der Waals surface area contributed by atoms with Gasteiger partial charge >= 0.3 is 0 Å². The van der Waals surface area contributed by atoms with Crippen LogP contribution >= 0.6 is 0 Å². The van der Waals surface area contributed by atoms with E-state index in [1.54, 1.807) is 30.3 Å². The quantitative estimate of drug-likeness (QED) is 0.416. The van der Waals surface area contributed by atoms with Crippen molar-refractivity contribution in [1.82, 2.24) is 4.31 Å². The van der Waals surface area contributed by atoms with Gasteiger partial charge in [0, 0.05) is 13.0 Å². The van der Waals surface area contributed by atoms with Crippen molar-refractivity contribution < 1.29 is 8.42 Å². The predicted octanol–water partition coefficient (Wildman–Crippen LogP) is 3.76. The van der Waals surface area contributed by atoms with E-state index in [9.17, 15) is 8.42 Å². The molecule has 4 heteroatoms. The smallest absolute Gasteiger partial charge is 0.207 e. The molecule has 0 saturated heterocycles. The number of nitrogens with zero attached hydrogens (tertiary/aromatic N) is 1. The van der Waals surface area contributed by atoms with Crippen molar-refractivity contribution in [3.05, 3.63) is 42.5 Å². The Kier molecular flexibility index (Phi) is 7.94. The Morgan fingerprint density at radius 2 is 1.86 bits per heavy atom. The molecule has 1 aromatic rings. The first-order chi connectivity index (χ1) is 10.5. The highest BCUT2D eigenvalue weighted by molar-refractivity contribution is 7.89. The van der Waals surface area contributed by atoms with Crippen LogP contribution in [0.3, 0.4) is 0 Å². The van der Waals surface area contributed by atoms with Crippen LogP contribution in [0.15, 0.2) is 41.8 Å². The van der Waals surface area contributed by atoms with E-state index in [0.29, 0.717) is 4.90 Å². The van der Waals surface area contributed by atoms with Gasteiger partial charge in [-0.1, -0.05) is 49.5 Å². The molecule has 3 nitrogen and oxygen atoms in total. The third-order valence-electron chi connectivity index (χ3n) is 3.28. The molecule has 0 spiro atoms. The van der Waals surface area contributed by atoms with Gasteiger partial charge in [0.25, 0.3) is 0 Å². The maximum Gasteiger partial charge on any atom is 0.244 e. The van der Waals surface area contributed by atoms with Crippen molar-refractivity contribution >= 4 is 10.0 Å². The average molecular weight is 319 g/mol. The lowest BCUT2D eigenvalue weighted by Gasteiger charge is -2.18. The Balaban J connectivity index is 2.80. The van der Waals surface area contributed by atoms with Gasteiger partial charge in [0.05, 0.1) is 11.4 Å². The summed E-state index contributed by atoms with van der Waals surface area (Å²) in [4.78, 5) is 0.299. The van der Waals surface area contributed by atoms with Gasteiger partial charge in [-0.3, -0.25) is 0 Å². The monoisotopic (exact) mass is 319 g/mol. The third-order valence-corrected chi connectivity index (χ3v) is 5.10. The second-order valence-corrected chi connectivity index (χ2v) is 7.15. The maximum atomic E-state index is 12.6. The Labute approximate surface area is 135 Å². The summed E-state index contributed by atoms with van der Waals surface area (Å²) in [6, 6.07) is 6.87. The normalized spacial score (nSPS) is 11.0. The topological polar surface area (TPSA) is 37.4 Å². The summed E-state index contributed by atoms with van der Waals surface area (Å²) < 4.78 is 26.6. The van der Waals surface area contributed by atoms with Gasteiger partial charge in [-0.05, 0) is 25.5 Å². The van der Waals surface area contributed by atoms with E-state index >= 15 is 0 Å². The van der Waals surface area contributed by atoms with Crippen LogP contribution in [0.25, 0.3) is 0 Å². The van der Waals surface area contributed by atoms with Crippen LogP contribution in [0.5, 0.6) is 0 Å². The average Bonchev–Trinajstić information content (AvgIpc) is 2.50. The molecular formula is C18H25NO2S. The molecule has 0 aromatic heterocycles. The molecule has 0 bridgehead atoms. The highest BCUT2D eigenvalue weighted by Gasteiger charge is 2.22. The highest BCUT2D eigenvalue weighted by Crippen LogP contribution is 2.16. The first kappa shape index (κ1) is 18.5. The molecule has 1 aromatic carbocycles. The summed E-state index contributed by atoms with van der Waals surface area (Å²) in [5, 5.41) is 0. The first-order valence-corrected chi connectivity index (χ1v) is 9.09. The van der Waals surface area contributed by atoms with Gasteiger partial charge in [-0.15, -0.1) is 12.5 Å². The molecule has 0 saturated carbocycles. The minimum absolute atomic E-state index is 0.203. The minimum Gasteiger partial charge on any atom is -0.207 e. The first-order valence-electron chi connectivity index (χ1n) is 7.65. The second kappa shape index (κ2) is 9.45. The Hall–Kier alpha value is -1.57. The molecule has 0 amide bonds. The maximum absolute atomic E-state index is 12.6. The Bertz CT molecular complexity index is 621. The van der Waals surface area contributed by atoms with Gasteiger partial charge in [0.1, 0.15) is 0 Å². The zero-order valence-corrected chi connectivity index (χ0v) is 14.3. The van der Waals surface area contributed by atoms with Crippen LogP contribution in [0, 0.1) is 18.8 Å². The van der Waals surface area contributed by atoms with Crippen LogP contribution in [0.2, 0.25) is 0 Å². The van der Waals surface area contributed by atoms with Crippen LogP contribution in [-0.4, -0.2) is 25.8 Å². The predicted molar refractivity (Wildman–Crippen MR) is 92.1 cm³/mol. The molecule has 0 fully saturated rings. The molecule has 1 rings (SSSR count). The molecule has 0 aliphatic heterocycles. The number of sulfonamides is 1. The van der Waals surface area contributed by atoms with Gasteiger partial charge in [0.2, 0.25) is 10.0 Å². The van der Waals surface area contributed by atoms with E-state index in [1.807, 2.05) is 6.92 Å². The van der Waals surface area contributed by atoms with Gasteiger partial charge < -0.3 is 0 Å². The fourth-order valence-electron chi connectivity index (χ4n) is 1.95. The second-order valence-electron chi connectivity index (χ2n) is 5.21. The number of rotatable bonds is 8. The summed E-state index contributed by atoms with van der Waals surface area (Å²) in [6.07, 6.45) is 5.79. The summed E-state index contributed by atoms with van der Waals surface area (Å²) in [5.41, 5.74) is 1.03. The van der Waals surface area contributed by atoms with Crippen molar-refractivity contribution in [2.45, 2.75) is 44.4 Å². The summed E-state index contributed by atoms with van der Waals surface area (Å²) in [7, 11) is -3.52. The van der Waals surface area contributed by atoms with Crippen molar-refractivity contribution in [2.24, 2.45) is 0 Å². The summed E-state index contributed by atoms with van der Waals surface area (Å²) in [6.45, 7) is 8.18. The molecule has 0 aliphatic rings. The van der Waals surface area contributed by atoms with Crippen molar-refractivity contribution in [3.8, 4) is 11.8 Å². The van der Waals surface area contributed by atoms with Crippen LogP contribution in [0.1, 0.15) is 38.2 Å². The van der Waals surface area contributed by atoms with E-state index in [2.05, 4.69) is 25.3 Å². The van der Waals surface area contributed by atoms with Crippen LogP contribution < -0.4 is 0 Å². The van der Waals surface area contributed by atoms with Crippen LogP contribution in [-0.2, 0) is 10.0 Å². The van der Waals surface area contributed by atoms with Crippen molar-refractivity contribution in [1.29, 1.82) is 0 Å². The van der Waals surface area contributed by atoms with Crippen LogP contribution in [0.4, 0.5) is 0 Å². The van der Waals surface area contributed by atoms with E-state index in [1.165, 1.54) is 4.31 Å². The number of hydrogen-bond acceptors (Lipinski definition) is 2. The number of aryl methyl sites for hydroxylation is 1. The fourth-order valence-corrected chi connectivity index (χ4v) is 3.26. The van der Waals surface area contributed by atoms with E-state index in [0.717, 1.165) is 31.2 Å². The zero-order valence-electron chi connectivity index (χ0n) is 13.5. The Morgan fingerprint density at radius 3 is 2.45 bits per heavy atom. The molecule has 0 aliphatic carbocycles. The summed E-state index contributed by atoms with van der Waals surface area (Å²) in [5.74, 6) is 6.02. The molecule has 22 heavy (non-hydrogen) atoms. The molecular weight excluding hydrogens is 294 g/mol. The lowest BCUT2D eigenvalue weighted by Crippen LogP contribution is -2.31. The minimum atomic E-state index is -3.52. The molecule has 0 unspecified atom stereocenters. The van der Waals surface area contributed by atoms with E-state index in [-0.39, 0.29) is 13.1 Å².